The Labute approximate surface area is 130 Å². The number of piperidine rings is 1. The van der Waals surface area contributed by atoms with E-state index in [1.807, 2.05) is 0 Å². The van der Waals surface area contributed by atoms with Gasteiger partial charge in [-0.1, -0.05) is 12.8 Å². The van der Waals surface area contributed by atoms with E-state index in [0.29, 0.717) is 11.8 Å². The van der Waals surface area contributed by atoms with Crippen LogP contribution in [0, 0.1) is 17.8 Å². The van der Waals surface area contributed by atoms with Gasteiger partial charge < -0.3 is 15.5 Å². The molecule has 1 saturated carbocycles. The van der Waals surface area contributed by atoms with Crippen LogP contribution >= 0.6 is 0 Å². The summed E-state index contributed by atoms with van der Waals surface area (Å²) in [6.45, 7) is 3.86. The highest BCUT2D eigenvalue weighted by atomic mass is 16.2. The summed E-state index contributed by atoms with van der Waals surface area (Å²) in [6.07, 6.45) is 8.08. The van der Waals surface area contributed by atoms with Gasteiger partial charge in [0.25, 0.3) is 0 Å². The minimum Gasteiger partial charge on any atom is -0.342 e. The SMILES string of the molecule is CN(C)CC1CCN(C(=O)C2CCCC(CCN)C2)CC1. The number of hydrogen-bond donors (Lipinski definition) is 1. The van der Waals surface area contributed by atoms with Gasteiger partial charge in [0.05, 0.1) is 0 Å². The van der Waals surface area contributed by atoms with Gasteiger partial charge in [0.1, 0.15) is 0 Å². The number of rotatable bonds is 5. The topological polar surface area (TPSA) is 49.6 Å². The van der Waals surface area contributed by atoms with E-state index in [-0.39, 0.29) is 5.92 Å². The molecule has 2 unspecified atom stereocenters. The molecule has 2 aliphatic rings. The number of likely N-dealkylation sites (tertiary alicyclic amines) is 1. The Kier molecular flexibility index (Phi) is 6.49. The first-order valence-corrected chi connectivity index (χ1v) is 8.73. The molecule has 0 radical (unpaired) electrons. The van der Waals surface area contributed by atoms with Crippen molar-refractivity contribution in [3.05, 3.63) is 0 Å². The summed E-state index contributed by atoms with van der Waals surface area (Å²) in [4.78, 5) is 17.1. The van der Waals surface area contributed by atoms with Crippen LogP contribution < -0.4 is 5.73 Å². The lowest BCUT2D eigenvalue weighted by Crippen LogP contribution is -2.44. The quantitative estimate of drug-likeness (QED) is 0.843. The summed E-state index contributed by atoms with van der Waals surface area (Å²) in [6, 6.07) is 0. The Morgan fingerprint density at radius 1 is 1.14 bits per heavy atom. The Bertz CT molecular complexity index is 322. The summed E-state index contributed by atoms with van der Waals surface area (Å²) in [7, 11) is 4.27. The molecule has 2 fully saturated rings. The number of carbonyl (C=O) groups is 1. The molecule has 1 aliphatic carbocycles. The van der Waals surface area contributed by atoms with E-state index in [1.54, 1.807) is 0 Å². The van der Waals surface area contributed by atoms with Gasteiger partial charge in [-0.2, -0.15) is 0 Å². The van der Waals surface area contributed by atoms with Gasteiger partial charge in [0.2, 0.25) is 5.91 Å². The monoisotopic (exact) mass is 295 g/mol. The highest BCUT2D eigenvalue weighted by Crippen LogP contribution is 2.33. The van der Waals surface area contributed by atoms with Crippen LogP contribution in [0.15, 0.2) is 0 Å². The van der Waals surface area contributed by atoms with E-state index in [9.17, 15) is 4.79 Å². The lowest BCUT2D eigenvalue weighted by molar-refractivity contribution is -0.138. The van der Waals surface area contributed by atoms with Crippen molar-refractivity contribution in [2.24, 2.45) is 23.5 Å². The second kappa shape index (κ2) is 8.14. The second-order valence-corrected chi connectivity index (χ2v) is 7.34. The van der Waals surface area contributed by atoms with Crippen LogP contribution in [0.4, 0.5) is 0 Å². The van der Waals surface area contributed by atoms with Crippen molar-refractivity contribution in [3.63, 3.8) is 0 Å². The number of carbonyl (C=O) groups excluding carboxylic acids is 1. The maximum Gasteiger partial charge on any atom is 0.225 e. The van der Waals surface area contributed by atoms with Crippen LogP contribution in [0.25, 0.3) is 0 Å². The van der Waals surface area contributed by atoms with Crippen molar-refractivity contribution in [2.45, 2.75) is 44.9 Å². The van der Waals surface area contributed by atoms with E-state index in [1.165, 1.54) is 25.7 Å². The molecule has 21 heavy (non-hydrogen) atoms. The minimum atomic E-state index is 0.278. The molecule has 0 aromatic heterocycles. The number of nitrogens with two attached hydrogens (primary N) is 1. The Morgan fingerprint density at radius 2 is 1.86 bits per heavy atom. The van der Waals surface area contributed by atoms with E-state index < -0.39 is 0 Å². The van der Waals surface area contributed by atoms with Crippen LogP contribution in [-0.4, -0.2) is 56.0 Å². The molecular weight excluding hydrogens is 262 g/mol. The summed E-state index contributed by atoms with van der Waals surface area (Å²) in [5, 5.41) is 0. The van der Waals surface area contributed by atoms with Gasteiger partial charge in [0, 0.05) is 25.6 Å². The largest absolute Gasteiger partial charge is 0.342 e. The molecule has 2 N–H and O–H groups in total. The molecule has 1 heterocycles. The fraction of sp³-hybridized carbons (Fsp3) is 0.941. The highest BCUT2D eigenvalue weighted by Gasteiger charge is 2.31. The first-order valence-electron chi connectivity index (χ1n) is 8.73. The summed E-state index contributed by atoms with van der Waals surface area (Å²) < 4.78 is 0. The first kappa shape index (κ1) is 16.8. The number of hydrogen-bond acceptors (Lipinski definition) is 3. The smallest absolute Gasteiger partial charge is 0.225 e. The van der Waals surface area contributed by atoms with Crippen LogP contribution in [-0.2, 0) is 4.79 Å². The normalized spacial score (nSPS) is 28.1. The molecule has 0 bridgehead atoms. The predicted octanol–water partition coefficient (Wildman–Crippen LogP) is 1.94. The van der Waals surface area contributed by atoms with Gasteiger partial charge in [-0.05, 0) is 64.6 Å². The molecule has 2 atom stereocenters. The number of amides is 1. The first-order chi connectivity index (χ1) is 10.1. The Balaban J connectivity index is 1.78. The highest BCUT2D eigenvalue weighted by molar-refractivity contribution is 5.79. The standard InChI is InChI=1S/C17H33N3O/c1-19(2)13-15-7-10-20(11-8-15)17(21)16-5-3-4-14(12-16)6-9-18/h14-16H,3-13,18H2,1-2H3. The molecule has 2 rings (SSSR count). The molecule has 1 aliphatic heterocycles. The summed E-state index contributed by atoms with van der Waals surface area (Å²) >= 11 is 0. The third kappa shape index (κ3) is 4.96. The molecule has 4 nitrogen and oxygen atoms in total. The molecule has 1 amide bonds. The number of nitrogens with zero attached hydrogens (tertiary/aromatic N) is 2. The Hall–Kier alpha value is -0.610. The zero-order valence-electron chi connectivity index (χ0n) is 13.9. The van der Waals surface area contributed by atoms with Crippen LogP contribution in [0.2, 0.25) is 0 Å². The molecule has 0 aromatic rings. The van der Waals surface area contributed by atoms with Crippen molar-refractivity contribution in [3.8, 4) is 0 Å². The van der Waals surface area contributed by atoms with E-state index >= 15 is 0 Å². The van der Waals surface area contributed by atoms with E-state index in [4.69, 9.17) is 5.73 Å². The molecule has 0 spiro atoms. The molecule has 4 heteroatoms. The lowest BCUT2D eigenvalue weighted by Gasteiger charge is -2.37. The average molecular weight is 295 g/mol. The van der Waals surface area contributed by atoms with Gasteiger partial charge in [-0.25, -0.2) is 0 Å². The van der Waals surface area contributed by atoms with Crippen LogP contribution in [0.5, 0.6) is 0 Å². The van der Waals surface area contributed by atoms with Crippen molar-refractivity contribution >= 4 is 5.91 Å². The lowest BCUT2D eigenvalue weighted by atomic mass is 9.79. The average Bonchev–Trinajstić information content (AvgIpc) is 2.47. The van der Waals surface area contributed by atoms with E-state index in [0.717, 1.165) is 51.4 Å². The van der Waals surface area contributed by atoms with Gasteiger partial charge in [-0.3, -0.25) is 4.79 Å². The fourth-order valence-electron chi connectivity index (χ4n) is 4.12. The van der Waals surface area contributed by atoms with Crippen molar-refractivity contribution < 1.29 is 4.79 Å². The second-order valence-electron chi connectivity index (χ2n) is 7.34. The summed E-state index contributed by atoms with van der Waals surface area (Å²) in [5.74, 6) is 2.16. The molecule has 1 saturated heterocycles. The minimum absolute atomic E-state index is 0.278. The maximum atomic E-state index is 12.7. The maximum absolute atomic E-state index is 12.7. The zero-order chi connectivity index (χ0) is 15.2. The van der Waals surface area contributed by atoms with Crippen molar-refractivity contribution in [1.29, 1.82) is 0 Å². The van der Waals surface area contributed by atoms with Gasteiger partial charge in [-0.15, -0.1) is 0 Å². The molecule has 0 aromatic carbocycles. The van der Waals surface area contributed by atoms with Gasteiger partial charge in [0.15, 0.2) is 0 Å². The molecule has 122 valence electrons. The fourth-order valence-corrected chi connectivity index (χ4v) is 4.12. The zero-order valence-corrected chi connectivity index (χ0v) is 13.9. The Morgan fingerprint density at radius 3 is 2.48 bits per heavy atom. The third-order valence-electron chi connectivity index (χ3n) is 5.26. The predicted molar refractivity (Wildman–Crippen MR) is 87.0 cm³/mol. The van der Waals surface area contributed by atoms with E-state index in [2.05, 4.69) is 23.9 Å². The summed E-state index contributed by atoms with van der Waals surface area (Å²) in [5.41, 5.74) is 5.68. The van der Waals surface area contributed by atoms with Crippen LogP contribution in [0.1, 0.15) is 44.9 Å². The third-order valence-corrected chi connectivity index (χ3v) is 5.26. The van der Waals surface area contributed by atoms with Crippen molar-refractivity contribution in [1.82, 2.24) is 9.80 Å². The van der Waals surface area contributed by atoms with Gasteiger partial charge >= 0.3 is 0 Å². The molecular formula is C17H33N3O. The van der Waals surface area contributed by atoms with Crippen molar-refractivity contribution in [2.75, 3.05) is 40.3 Å². The van der Waals surface area contributed by atoms with Crippen LogP contribution in [0.3, 0.4) is 0 Å².